The molecule has 1 aromatic carbocycles. The maximum absolute atomic E-state index is 10.8. The molecule has 0 aliphatic carbocycles. The van der Waals surface area contributed by atoms with E-state index in [-0.39, 0.29) is 19.3 Å². The lowest BCUT2D eigenvalue weighted by atomic mass is 10.0. The molecule has 0 amide bonds. The Morgan fingerprint density at radius 2 is 1.14 bits per heavy atom. The number of benzene rings is 1. The predicted octanol–water partition coefficient (Wildman–Crippen LogP) is 8.99. The fraction of sp³-hybridized carbons (Fsp3) is 0.800. The fourth-order valence-electron chi connectivity index (χ4n) is 4.57. The van der Waals surface area contributed by atoms with E-state index in [2.05, 4.69) is 11.4 Å². The quantitative estimate of drug-likeness (QED) is 0.0852. The molecule has 1 unspecified atom stereocenters. The van der Waals surface area contributed by atoms with Crippen LogP contribution < -0.4 is 4.74 Å². The molecule has 0 aromatic heterocycles. The Balaban J connectivity index is 1.99. The zero-order chi connectivity index (χ0) is 26.9. The molecule has 37 heavy (non-hydrogen) atoms. The minimum Gasteiger partial charge on any atom is -0.488 e. The molecule has 0 saturated carbocycles. The number of hydrogen-bond donors (Lipinski definition) is 2. The van der Waals surface area contributed by atoms with Crippen molar-refractivity contribution < 1.29 is 28.3 Å². The van der Waals surface area contributed by atoms with Crippen LogP contribution in [0.15, 0.2) is 30.3 Å². The maximum atomic E-state index is 10.8. The largest absolute Gasteiger partial charge is 0.488 e. The second-order valence-electron chi connectivity index (χ2n) is 10.3. The van der Waals surface area contributed by atoms with E-state index >= 15 is 0 Å². The monoisotopic (exact) mass is 542 g/mol. The highest BCUT2D eigenvalue weighted by molar-refractivity contribution is 7.46. The van der Waals surface area contributed by atoms with Crippen molar-refractivity contribution in [3.63, 3.8) is 0 Å². The van der Waals surface area contributed by atoms with E-state index in [1.54, 1.807) is 0 Å². The number of hydrogen-bond acceptors (Lipinski definition) is 4. The van der Waals surface area contributed by atoms with Crippen molar-refractivity contribution in [2.75, 3.05) is 19.8 Å². The van der Waals surface area contributed by atoms with E-state index in [1.165, 1.54) is 109 Å². The zero-order valence-corrected chi connectivity index (χ0v) is 24.4. The van der Waals surface area contributed by atoms with Crippen LogP contribution in [-0.4, -0.2) is 35.7 Å². The number of rotatable bonds is 27. The van der Waals surface area contributed by atoms with Gasteiger partial charge in [-0.2, -0.15) is 0 Å². The standard InChI is InChI=1S/C30H55O6P/c1-2-3-4-5-6-7-8-9-10-11-12-13-14-15-16-17-18-20-25-30(36-29-23-21-19-22-24-29)28-34-26-27-35-37(31,32)33/h19,21-24,30H,2-18,20,25-28H2,1H3,(H2,31,32,33). The third-order valence-electron chi connectivity index (χ3n) is 6.72. The molecule has 0 bridgehead atoms. The Morgan fingerprint density at radius 1 is 0.676 bits per heavy atom. The summed E-state index contributed by atoms with van der Waals surface area (Å²) in [5, 5.41) is 0. The summed E-state index contributed by atoms with van der Waals surface area (Å²) in [4.78, 5) is 17.5. The second-order valence-corrected chi connectivity index (χ2v) is 11.5. The van der Waals surface area contributed by atoms with Crippen LogP contribution in [0.4, 0.5) is 0 Å². The molecule has 216 valence electrons. The van der Waals surface area contributed by atoms with Gasteiger partial charge in [-0.25, -0.2) is 4.57 Å². The predicted molar refractivity (Wildman–Crippen MR) is 153 cm³/mol. The first-order chi connectivity index (χ1) is 18.0. The van der Waals surface area contributed by atoms with Gasteiger partial charge in [-0.05, 0) is 25.0 Å². The van der Waals surface area contributed by atoms with Crippen LogP contribution in [0.25, 0.3) is 0 Å². The molecule has 0 aliphatic rings. The summed E-state index contributed by atoms with van der Waals surface area (Å²) in [6.07, 6.45) is 25.3. The normalized spacial score (nSPS) is 12.6. The summed E-state index contributed by atoms with van der Waals surface area (Å²) >= 11 is 0. The average molecular weight is 543 g/mol. The summed E-state index contributed by atoms with van der Waals surface area (Å²) in [5.41, 5.74) is 0. The van der Waals surface area contributed by atoms with Gasteiger partial charge in [0.05, 0.1) is 19.8 Å². The molecule has 1 aromatic rings. The molecule has 0 aliphatic heterocycles. The van der Waals surface area contributed by atoms with Gasteiger partial charge in [0.1, 0.15) is 11.9 Å². The van der Waals surface area contributed by atoms with Gasteiger partial charge < -0.3 is 19.3 Å². The van der Waals surface area contributed by atoms with Crippen molar-refractivity contribution in [1.29, 1.82) is 0 Å². The smallest absolute Gasteiger partial charge is 0.469 e. The molecule has 7 heteroatoms. The summed E-state index contributed by atoms with van der Waals surface area (Å²) in [5.74, 6) is 0.810. The van der Waals surface area contributed by atoms with Gasteiger partial charge in [-0.1, -0.05) is 134 Å². The molecule has 2 N–H and O–H groups in total. The molecule has 0 fully saturated rings. The van der Waals surface area contributed by atoms with Crippen LogP contribution in [-0.2, 0) is 13.8 Å². The average Bonchev–Trinajstić information content (AvgIpc) is 2.87. The van der Waals surface area contributed by atoms with Crippen molar-refractivity contribution in [3.05, 3.63) is 30.3 Å². The Kier molecular flexibility index (Phi) is 22.3. The van der Waals surface area contributed by atoms with Gasteiger partial charge in [0.15, 0.2) is 0 Å². The van der Waals surface area contributed by atoms with E-state index in [1.807, 2.05) is 30.3 Å². The van der Waals surface area contributed by atoms with E-state index in [9.17, 15) is 4.57 Å². The van der Waals surface area contributed by atoms with E-state index in [0.717, 1.165) is 18.6 Å². The van der Waals surface area contributed by atoms with E-state index in [0.29, 0.717) is 6.61 Å². The van der Waals surface area contributed by atoms with Gasteiger partial charge in [0, 0.05) is 0 Å². The van der Waals surface area contributed by atoms with Gasteiger partial charge in [0.25, 0.3) is 0 Å². The molecule has 0 heterocycles. The Hall–Kier alpha value is -0.910. The SMILES string of the molecule is CCCCCCCCCCCCCCCCCCCCC(COCCOP(=O)(O)O)Oc1ccccc1. The summed E-state index contributed by atoms with van der Waals surface area (Å²) in [7, 11) is -4.44. The van der Waals surface area contributed by atoms with Gasteiger partial charge in [0.2, 0.25) is 0 Å². The van der Waals surface area contributed by atoms with Crippen molar-refractivity contribution in [3.8, 4) is 5.75 Å². The molecule has 1 rings (SSSR count). The van der Waals surface area contributed by atoms with Crippen molar-refractivity contribution in [2.45, 2.75) is 135 Å². The highest BCUT2D eigenvalue weighted by atomic mass is 31.2. The van der Waals surface area contributed by atoms with Crippen LogP contribution in [0.5, 0.6) is 5.75 Å². The second kappa shape index (κ2) is 24.2. The molecular formula is C30H55O6P. The van der Waals surface area contributed by atoms with Crippen LogP contribution >= 0.6 is 7.82 Å². The third kappa shape index (κ3) is 23.9. The molecule has 0 saturated heterocycles. The zero-order valence-electron chi connectivity index (χ0n) is 23.5. The number of para-hydroxylation sites is 1. The minimum atomic E-state index is -4.44. The van der Waals surface area contributed by atoms with E-state index < -0.39 is 7.82 Å². The lowest BCUT2D eigenvalue weighted by molar-refractivity contribution is 0.0272. The first kappa shape index (κ1) is 34.1. The van der Waals surface area contributed by atoms with Gasteiger partial charge >= 0.3 is 7.82 Å². The summed E-state index contributed by atoms with van der Waals surface area (Å²) in [6, 6.07) is 9.70. The van der Waals surface area contributed by atoms with E-state index in [4.69, 9.17) is 19.3 Å². The van der Waals surface area contributed by atoms with Gasteiger partial charge in [-0.3, -0.25) is 4.52 Å². The molecule has 6 nitrogen and oxygen atoms in total. The first-order valence-corrected chi connectivity index (χ1v) is 16.5. The number of unbranched alkanes of at least 4 members (excludes halogenated alkanes) is 17. The first-order valence-electron chi connectivity index (χ1n) is 15.0. The number of ether oxygens (including phenoxy) is 2. The minimum absolute atomic E-state index is 0.0847. The summed E-state index contributed by atoms with van der Waals surface area (Å²) in [6.45, 7) is 2.64. The molecule has 0 radical (unpaired) electrons. The lowest BCUT2D eigenvalue weighted by Crippen LogP contribution is -2.24. The van der Waals surface area contributed by atoms with Crippen LogP contribution in [0.2, 0.25) is 0 Å². The van der Waals surface area contributed by atoms with Crippen molar-refractivity contribution in [1.82, 2.24) is 0 Å². The lowest BCUT2D eigenvalue weighted by Gasteiger charge is -2.19. The molecular weight excluding hydrogens is 487 g/mol. The molecule has 1 atom stereocenters. The van der Waals surface area contributed by atoms with Crippen LogP contribution in [0.1, 0.15) is 129 Å². The summed E-state index contributed by atoms with van der Waals surface area (Å²) < 4.78 is 26.8. The Morgan fingerprint density at radius 3 is 1.59 bits per heavy atom. The Bertz CT molecular complexity index is 651. The maximum Gasteiger partial charge on any atom is 0.469 e. The van der Waals surface area contributed by atoms with Gasteiger partial charge in [-0.15, -0.1) is 0 Å². The number of phosphoric acid groups is 1. The van der Waals surface area contributed by atoms with Crippen molar-refractivity contribution >= 4 is 7.82 Å². The molecule has 0 spiro atoms. The highest BCUT2D eigenvalue weighted by Gasteiger charge is 2.14. The van der Waals surface area contributed by atoms with Crippen LogP contribution in [0, 0.1) is 0 Å². The topological polar surface area (TPSA) is 85.2 Å². The third-order valence-corrected chi connectivity index (χ3v) is 7.24. The van der Waals surface area contributed by atoms with Crippen LogP contribution in [0.3, 0.4) is 0 Å². The highest BCUT2D eigenvalue weighted by Crippen LogP contribution is 2.35. The Labute approximate surface area is 227 Å². The van der Waals surface area contributed by atoms with Crippen molar-refractivity contribution in [2.24, 2.45) is 0 Å². The number of phosphoric ester groups is 1. The fourth-order valence-corrected chi connectivity index (χ4v) is 4.88.